The highest BCUT2D eigenvalue weighted by Crippen LogP contribution is 2.36. The number of amides is 1. The minimum atomic E-state index is -4.80. The number of nitrogens with one attached hydrogen (secondary N) is 1. The van der Waals surface area contributed by atoms with Crippen LogP contribution in [0.1, 0.15) is 38.9 Å². The van der Waals surface area contributed by atoms with Crippen molar-refractivity contribution in [2.75, 3.05) is 13.3 Å². The van der Waals surface area contributed by atoms with E-state index in [-0.39, 0.29) is 34.7 Å². The number of pyridine rings is 1. The second-order valence-electron chi connectivity index (χ2n) is 12.6. The Kier molecular flexibility index (Phi) is 9.94. The zero-order valence-corrected chi connectivity index (χ0v) is 26.9. The van der Waals surface area contributed by atoms with Gasteiger partial charge < -0.3 is 15.0 Å². The first kappa shape index (κ1) is 35.3. The zero-order valence-electron chi connectivity index (χ0n) is 26.0. The third kappa shape index (κ3) is 6.92. The van der Waals surface area contributed by atoms with Gasteiger partial charge in [0.1, 0.15) is 28.2 Å². The van der Waals surface area contributed by atoms with Crippen molar-refractivity contribution in [3.8, 4) is 0 Å². The van der Waals surface area contributed by atoms with Crippen molar-refractivity contribution >= 4 is 65.9 Å². The predicted octanol–water partition coefficient (Wildman–Crippen LogP) is -0.115. The fourth-order valence-corrected chi connectivity index (χ4v) is 6.87. The molecule has 46 heavy (non-hydrogen) atoms. The fraction of sp³-hybridized carbons (Fsp3) is 0.286. The SMILES string of the molecule is BC(B)(B)C(B)(B)S(=O)(=O)c1ccc([C@H](CO)NC(=O)c2ccc3c(c2)cc(Cc2ccc(F)cc2C(F)(F)F)n3CCF)nc1. The van der Waals surface area contributed by atoms with E-state index in [9.17, 15) is 40.3 Å². The number of aromatic nitrogens is 2. The molecule has 0 aliphatic carbocycles. The summed E-state index contributed by atoms with van der Waals surface area (Å²) in [6.45, 7) is -1.49. The lowest BCUT2D eigenvalue weighted by Crippen LogP contribution is -2.52. The number of nitrogens with zero attached hydrogens (tertiary/aromatic N) is 2. The Hall–Kier alpha value is -3.52. The Morgan fingerprint density at radius 3 is 2.26 bits per heavy atom. The number of hydrogen-bond donors (Lipinski definition) is 2. The van der Waals surface area contributed by atoms with Crippen LogP contribution in [0.15, 0.2) is 65.7 Å². The summed E-state index contributed by atoms with van der Waals surface area (Å²) in [6, 6.07) is 10.3. The number of aliphatic hydroxyl groups is 1. The van der Waals surface area contributed by atoms with Crippen LogP contribution >= 0.6 is 0 Å². The maximum Gasteiger partial charge on any atom is 0.416 e. The monoisotopic (exact) mass is 655 g/mol. The molecule has 7 nitrogen and oxygen atoms in total. The molecule has 1 atom stereocenters. The highest BCUT2D eigenvalue weighted by Gasteiger charge is 2.44. The molecule has 0 saturated heterocycles. The van der Waals surface area contributed by atoms with E-state index in [4.69, 9.17) is 0 Å². The van der Waals surface area contributed by atoms with Crippen molar-refractivity contribution < 1.29 is 40.3 Å². The Morgan fingerprint density at radius 2 is 1.70 bits per heavy atom. The smallest absolute Gasteiger partial charge is 0.394 e. The molecule has 2 aromatic heterocycles. The number of sulfone groups is 1. The van der Waals surface area contributed by atoms with Gasteiger partial charge in [0.25, 0.3) is 5.91 Å². The van der Waals surface area contributed by atoms with E-state index in [1.54, 1.807) is 27.8 Å². The first-order chi connectivity index (χ1) is 21.3. The average Bonchev–Trinajstić information content (AvgIpc) is 3.31. The van der Waals surface area contributed by atoms with Gasteiger partial charge in [-0.15, -0.1) is 5.11 Å². The molecule has 0 bridgehead atoms. The molecule has 238 valence electrons. The van der Waals surface area contributed by atoms with E-state index in [1.807, 2.05) is 23.5 Å². The normalized spacial score (nSPS) is 13.5. The van der Waals surface area contributed by atoms with E-state index >= 15 is 0 Å². The number of aliphatic hydroxyl groups excluding tert-OH is 1. The molecule has 2 N–H and O–H groups in total. The van der Waals surface area contributed by atoms with Gasteiger partial charge in [0.05, 0.1) is 58.9 Å². The van der Waals surface area contributed by atoms with Crippen molar-refractivity contribution in [1.82, 2.24) is 14.9 Å². The molecule has 4 rings (SSSR count). The van der Waals surface area contributed by atoms with Crippen LogP contribution in [0.4, 0.5) is 22.0 Å². The lowest BCUT2D eigenvalue weighted by atomic mass is 9.30. The number of carbonyl (C=O) groups is 1. The van der Waals surface area contributed by atoms with Crippen LogP contribution in [0.2, 0.25) is 5.11 Å². The lowest BCUT2D eigenvalue weighted by Gasteiger charge is -2.38. The molecule has 0 saturated carbocycles. The summed E-state index contributed by atoms with van der Waals surface area (Å²) in [5, 5.41) is 12.6. The first-order valence-corrected chi connectivity index (χ1v) is 16.0. The van der Waals surface area contributed by atoms with E-state index in [0.29, 0.717) is 22.7 Å². The second kappa shape index (κ2) is 12.9. The zero-order chi connectivity index (χ0) is 34.2. The summed E-state index contributed by atoms with van der Waals surface area (Å²) in [5.74, 6) is -1.64. The quantitative estimate of drug-likeness (QED) is 0.174. The Bertz CT molecular complexity index is 1860. The van der Waals surface area contributed by atoms with Gasteiger partial charge in [0.2, 0.25) is 0 Å². The van der Waals surface area contributed by atoms with Gasteiger partial charge in [-0.25, -0.2) is 17.2 Å². The Morgan fingerprint density at radius 1 is 1.00 bits per heavy atom. The second-order valence-corrected chi connectivity index (χ2v) is 15.1. The topological polar surface area (TPSA) is 101 Å². The molecule has 0 spiro atoms. The molecule has 0 aliphatic rings. The number of halogens is 5. The number of fused-ring (bicyclic) bond motifs is 1. The Balaban J connectivity index is 1.60. The summed E-state index contributed by atoms with van der Waals surface area (Å²) >= 11 is 0. The minimum Gasteiger partial charge on any atom is -0.394 e. The van der Waals surface area contributed by atoms with Gasteiger partial charge in [-0.1, -0.05) is 6.07 Å². The summed E-state index contributed by atoms with van der Waals surface area (Å²) in [6.07, 6.45) is -3.86. The Labute approximate surface area is 268 Å². The van der Waals surface area contributed by atoms with E-state index in [0.717, 1.165) is 12.1 Å². The minimum absolute atomic E-state index is 0.00114. The summed E-state index contributed by atoms with van der Waals surface area (Å²) in [5.41, 5.74) is -0.121. The van der Waals surface area contributed by atoms with Crippen molar-refractivity contribution in [3.63, 3.8) is 0 Å². The predicted molar refractivity (Wildman–Crippen MR) is 179 cm³/mol. The van der Waals surface area contributed by atoms with E-state index in [2.05, 4.69) is 10.3 Å². The largest absolute Gasteiger partial charge is 0.416 e. The number of benzene rings is 2. The van der Waals surface area contributed by atoms with Gasteiger partial charge in [0, 0.05) is 39.3 Å². The molecule has 18 heteroatoms. The standard InChI is InChI=1S/C28H31B5F5N3O4S/c29-27(30,31)28(32,33)46(44,45)20-4-5-22(39-13-20)23(14-42)40-25(43)16-2-6-24-17(9-16)11-19(41(24)8-7-34)10-15-1-3-18(35)12-21(15)26(36,37)38/h1-6,9,11-13,23,42H,7-8,10,14,29-33H2,(H,40,43)/t23-/m0/s1. The summed E-state index contributed by atoms with van der Waals surface area (Å²) < 4.78 is 95.0. The van der Waals surface area contributed by atoms with Crippen LogP contribution in [-0.2, 0) is 29.0 Å². The van der Waals surface area contributed by atoms with Gasteiger partial charge in [-0.3, -0.25) is 9.78 Å². The molecule has 0 fully saturated rings. The maximum atomic E-state index is 13.6. The number of carbonyl (C=O) groups excluding carboxylic acids is 1. The van der Waals surface area contributed by atoms with Crippen LogP contribution in [0.5, 0.6) is 0 Å². The van der Waals surface area contributed by atoms with Gasteiger partial charge in [-0.05, 0) is 54.1 Å². The maximum absolute atomic E-state index is 13.6. The highest BCUT2D eigenvalue weighted by molar-refractivity contribution is 7.95. The van der Waals surface area contributed by atoms with Crippen molar-refractivity contribution in [2.24, 2.45) is 0 Å². The average molecular weight is 655 g/mol. The van der Waals surface area contributed by atoms with Crippen molar-refractivity contribution in [2.45, 2.75) is 39.7 Å². The molecule has 0 aliphatic heterocycles. The van der Waals surface area contributed by atoms with Crippen LogP contribution in [-0.4, -0.2) is 86.0 Å². The summed E-state index contributed by atoms with van der Waals surface area (Å²) in [7, 11) is 4.98. The van der Waals surface area contributed by atoms with E-state index in [1.165, 1.54) is 35.0 Å². The number of alkyl halides is 4. The van der Waals surface area contributed by atoms with Crippen molar-refractivity contribution in [3.05, 3.63) is 94.7 Å². The fourth-order valence-electron chi connectivity index (χ4n) is 5.04. The van der Waals surface area contributed by atoms with Crippen LogP contribution in [0.3, 0.4) is 0 Å². The number of aryl methyl sites for hydroxylation is 1. The summed E-state index contributed by atoms with van der Waals surface area (Å²) in [4.78, 5) is 17.4. The van der Waals surface area contributed by atoms with E-state index < -0.39 is 62.3 Å². The number of hydrogen-bond acceptors (Lipinski definition) is 5. The lowest BCUT2D eigenvalue weighted by molar-refractivity contribution is -0.138. The van der Waals surface area contributed by atoms with Gasteiger partial charge in [0.15, 0.2) is 9.84 Å². The number of rotatable bonds is 11. The molecule has 0 unspecified atom stereocenters. The molecular formula is C28H31B5F5N3O4S. The molecule has 0 radical (unpaired) electrons. The van der Waals surface area contributed by atoms with Crippen LogP contribution < -0.4 is 5.32 Å². The molecular weight excluding hydrogens is 623 g/mol. The highest BCUT2D eigenvalue weighted by atomic mass is 32.2. The van der Waals surface area contributed by atoms with Crippen LogP contribution in [0.25, 0.3) is 10.9 Å². The molecule has 1 amide bonds. The third-order valence-corrected chi connectivity index (χ3v) is 11.5. The molecule has 2 aromatic carbocycles. The first-order valence-electron chi connectivity index (χ1n) is 14.5. The molecule has 4 aromatic rings. The molecule has 2 heterocycles. The van der Waals surface area contributed by atoms with Gasteiger partial charge in [-0.2, -0.15) is 13.2 Å². The third-order valence-electron chi connectivity index (χ3n) is 8.70. The van der Waals surface area contributed by atoms with Crippen molar-refractivity contribution in [1.29, 1.82) is 0 Å². The van der Waals surface area contributed by atoms with Crippen LogP contribution in [0, 0.1) is 5.82 Å². The van der Waals surface area contributed by atoms with Gasteiger partial charge >= 0.3 is 6.18 Å².